The summed E-state index contributed by atoms with van der Waals surface area (Å²) in [6, 6.07) is 9.72. The van der Waals surface area contributed by atoms with Gasteiger partial charge in [0.2, 0.25) is 0 Å². The molecule has 0 unspecified atom stereocenters. The zero-order valence-electron chi connectivity index (χ0n) is 15.7. The summed E-state index contributed by atoms with van der Waals surface area (Å²) in [6.07, 6.45) is 3.68. The van der Waals surface area contributed by atoms with Crippen LogP contribution < -0.4 is 0 Å². The van der Waals surface area contributed by atoms with Gasteiger partial charge < -0.3 is 9.67 Å². The van der Waals surface area contributed by atoms with Crippen LogP contribution in [-0.2, 0) is 6.54 Å². The second kappa shape index (κ2) is 7.57. The third kappa shape index (κ3) is 3.52. The average molecular weight is 430 g/mol. The lowest BCUT2D eigenvalue weighted by molar-refractivity contribution is 0.0696. The predicted molar refractivity (Wildman–Crippen MR) is 112 cm³/mol. The van der Waals surface area contributed by atoms with Crippen LogP contribution in [0.2, 0.25) is 5.02 Å². The number of aromatic carboxylic acids is 1. The first kappa shape index (κ1) is 19.5. The van der Waals surface area contributed by atoms with Crippen molar-refractivity contribution in [2.75, 3.05) is 0 Å². The highest BCUT2D eigenvalue weighted by Crippen LogP contribution is 2.41. The minimum Gasteiger partial charge on any atom is -0.478 e. The fourth-order valence-electron chi connectivity index (χ4n) is 3.29. The first-order chi connectivity index (χ1) is 13.9. The Kier molecular flexibility index (Phi) is 5.10. The molecule has 148 valence electrons. The minimum absolute atomic E-state index is 0.0450. The zero-order valence-corrected chi connectivity index (χ0v) is 17.3. The van der Waals surface area contributed by atoms with Crippen molar-refractivity contribution in [3.05, 3.63) is 70.9 Å². The van der Waals surface area contributed by atoms with Crippen LogP contribution in [-0.4, -0.2) is 25.4 Å². The lowest BCUT2D eigenvalue weighted by Gasteiger charge is -2.06. The van der Waals surface area contributed by atoms with E-state index in [0.29, 0.717) is 5.39 Å². The molecule has 0 radical (unpaired) electrons. The monoisotopic (exact) mass is 429 g/mol. The van der Waals surface area contributed by atoms with Gasteiger partial charge in [-0.3, -0.25) is 4.68 Å². The van der Waals surface area contributed by atoms with E-state index in [1.807, 2.05) is 35.4 Å². The smallest absolute Gasteiger partial charge is 0.335 e. The summed E-state index contributed by atoms with van der Waals surface area (Å²) in [5.74, 6) is -1.49. The highest BCUT2D eigenvalue weighted by Gasteiger charge is 2.20. The fraction of sp³-hybridized carbons (Fsp3) is 0.143. The van der Waals surface area contributed by atoms with Crippen molar-refractivity contribution in [3.63, 3.8) is 0 Å². The number of carbonyl (C=O) groups is 1. The zero-order chi connectivity index (χ0) is 20.7. The number of halogens is 2. The number of benzene rings is 2. The molecule has 2 heterocycles. The van der Waals surface area contributed by atoms with Crippen molar-refractivity contribution in [2.45, 2.75) is 30.2 Å². The molecule has 2 aromatic heterocycles. The van der Waals surface area contributed by atoms with Gasteiger partial charge >= 0.3 is 5.97 Å². The van der Waals surface area contributed by atoms with Crippen LogP contribution in [0.4, 0.5) is 4.39 Å². The summed E-state index contributed by atoms with van der Waals surface area (Å²) in [5, 5.41) is 14.4. The molecule has 2 aromatic carbocycles. The molecule has 8 heteroatoms. The van der Waals surface area contributed by atoms with Gasteiger partial charge in [-0.25, -0.2) is 9.18 Å². The van der Waals surface area contributed by atoms with E-state index >= 15 is 0 Å². The Hall–Kier alpha value is -2.77. The van der Waals surface area contributed by atoms with E-state index in [1.165, 1.54) is 17.8 Å². The molecule has 0 spiro atoms. The number of hydrogen-bond acceptors (Lipinski definition) is 3. The quantitative estimate of drug-likeness (QED) is 0.435. The summed E-state index contributed by atoms with van der Waals surface area (Å²) < 4.78 is 18.1. The topological polar surface area (TPSA) is 60.0 Å². The normalized spacial score (nSPS) is 11.3. The van der Waals surface area contributed by atoms with Crippen molar-refractivity contribution in [2.24, 2.45) is 0 Å². The molecule has 29 heavy (non-hydrogen) atoms. The van der Waals surface area contributed by atoms with Gasteiger partial charge in [-0.2, -0.15) is 5.10 Å². The maximum absolute atomic E-state index is 14.3. The molecule has 0 amide bonds. The van der Waals surface area contributed by atoms with Gasteiger partial charge in [0.1, 0.15) is 5.82 Å². The van der Waals surface area contributed by atoms with Gasteiger partial charge in [0, 0.05) is 33.6 Å². The molecule has 0 atom stereocenters. The van der Waals surface area contributed by atoms with Crippen LogP contribution in [0.3, 0.4) is 0 Å². The van der Waals surface area contributed by atoms with E-state index in [9.17, 15) is 14.3 Å². The van der Waals surface area contributed by atoms with Gasteiger partial charge in [0.25, 0.3) is 0 Å². The summed E-state index contributed by atoms with van der Waals surface area (Å²) in [4.78, 5) is 12.9. The maximum Gasteiger partial charge on any atom is 0.335 e. The Labute approximate surface area is 175 Å². The molecule has 0 bridgehead atoms. The highest BCUT2D eigenvalue weighted by molar-refractivity contribution is 7.99. The standard InChI is InChI=1S/C21H17ClFN3O2S/c1-3-25-11-14(10-24-25)26-12(2)20(16-8-18(23)17(22)9-19(16)26)29-15-6-4-5-13(7-15)21(27)28/h4-11H,3H2,1-2H3,(H,27,28). The molecule has 4 aromatic rings. The first-order valence-corrected chi connectivity index (χ1v) is 10.1. The van der Waals surface area contributed by atoms with Crippen molar-refractivity contribution in [1.82, 2.24) is 14.3 Å². The van der Waals surface area contributed by atoms with Crippen LogP contribution in [0.1, 0.15) is 23.0 Å². The van der Waals surface area contributed by atoms with Gasteiger partial charge in [-0.05, 0) is 44.2 Å². The fourth-order valence-corrected chi connectivity index (χ4v) is 4.53. The van der Waals surface area contributed by atoms with Crippen molar-refractivity contribution in [1.29, 1.82) is 0 Å². The number of aryl methyl sites for hydroxylation is 1. The number of aromatic nitrogens is 3. The van der Waals surface area contributed by atoms with Gasteiger partial charge in [-0.1, -0.05) is 29.4 Å². The number of carboxylic acids is 1. The van der Waals surface area contributed by atoms with Gasteiger partial charge in [0.05, 0.1) is 28.0 Å². The summed E-state index contributed by atoms with van der Waals surface area (Å²) in [5.41, 5.74) is 2.71. The molecule has 0 aliphatic rings. The molecule has 0 saturated carbocycles. The molecular weight excluding hydrogens is 413 g/mol. The summed E-state index contributed by atoms with van der Waals surface area (Å²) in [7, 11) is 0. The lowest BCUT2D eigenvalue weighted by atomic mass is 10.2. The van der Waals surface area contributed by atoms with E-state index < -0.39 is 11.8 Å². The molecule has 1 N–H and O–H groups in total. The lowest BCUT2D eigenvalue weighted by Crippen LogP contribution is -1.97. The predicted octanol–water partition coefficient (Wildman–Crippen LogP) is 5.80. The van der Waals surface area contributed by atoms with Crippen molar-refractivity contribution in [3.8, 4) is 5.69 Å². The van der Waals surface area contributed by atoms with Crippen molar-refractivity contribution >= 4 is 40.2 Å². The average Bonchev–Trinajstić information content (AvgIpc) is 3.26. The van der Waals surface area contributed by atoms with E-state index in [4.69, 9.17) is 11.6 Å². The van der Waals surface area contributed by atoms with E-state index in [0.717, 1.165) is 33.2 Å². The third-order valence-corrected chi connectivity index (χ3v) is 6.19. The molecule has 0 fully saturated rings. The largest absolute Gasteiger partial charge is 0.478 e. The Balaban J connectivity index is 1.92. The Bertz CT molecular complexity index is 1250. The molecule has 0 aliphatic carbocycles. The molecule has 5 nitrogen and oxygen atoms in total. The summed E-state index contributed by atoms with van der Waals surface area (Å²) >= 11 is 7.47. The number of fused-ring (bicyclic) bond motifs is 1. The SMILES string of the molecule is CCn1cc(-n2c(C)c(Sc3cccc(C(=O)O)c3)c3cc(F)c(Cl)cc32)cn1. The van der Waals surface area contributed by atoms with Gasteiger partial charge in [-0.15, -0.1) is 0 Å². The number of rotatable bonds is 5. The third-order valence-electron chi connectivity index (χ3n) is 4.69. The second-order valence-electron chi connectivity index (χ2n) is 6.52. The van der Waals surface area contributed by atoms with E-state index in [1.54, 1.807) is 30.5 Å². The highest BCUT2D eigenvalue weighted by atomic mass is 35.5. The second-order valence-corrected chi connectivity index (χ2v) is 8.01. The van der Waals surface area contributed by atoms with Crippen LogP contribution >= 0.6 is 23.4 Å². The van der Waals surface area contributed by atoms with Crippen LogP contribution in [0.5, 0.6) is 0 Å². The molecular formula is C21H17ClFN3O2S. The van der Waals surface area contributed by atoms with Crippen LogP contribution in [0.15, 0.2) is 58.6 Å². The number of carboxylic acid groups (broad SMARTS) is 1. The first-order valence-electron chi connectivity index (χ1n) is 8.93. The Morgan fingerprint density at radius 1 is 1.31 bits per heavy atom. The molecule has 0 aliphatic heterocycles. The van der Waals surface area contributed by atoms with Gasteiger partial charge in [0.15, 0.2) is 0 Å². The van der Waals surface area contributed by atoms with Crippen molar-refractivity contribution < 1.29 is 14.3 Å². The van der Waals surface area contributed by atoms with E-state index in [-0.39, 0.29) is 10.6 Å². The van der Waals surface area contributed by atoms with Crippen LogP contribution in [0.25, 0.3) is 16.6 Å². The Morgan fingerprint density at radius 2 is 2.10 bits per heavy atom. The number of nitrogens with zero attached hydrogens (tertiary/aromatic N) is 3. The Morgan fingerprint density at radius 3 is 2.79 bits per heavy atom. The summed E-state index contributed by atoms with van der Waals surface area (Å²) in [6.45, 7) is 4.68. The molecule has 0 saturated heterocycles. The number of hydrogen-bond donors (Lipinski definition) is 1. The minimum atomic E-state index is -0.989. The van der Waals surface area contributed by atoms with Crippen LogP contribution in [0, 0.1) is 12.7 Å². The van der Waals surface area contributed by atoms with E-state index in [2.05, 4.69) is 5.10 Å². The molecule has 4 rings (SSSR count). The maximum atomic E-state index is 14.3.